The number of hydrogen-bond acceptors (Lipinski definition) is 4. The Hall–Kier alpha value is -2.36. The van der Waals surface area contributed by atoms with Gasteiger partial charge in [-0.1, -0.05) is 0 Å². The summed E-state index contributed by atoms with van der Waals surface area (Å²) in [6.07, 6.45) is 0. The summed E-state index contributed by atoms with van der Waals surface area (Å²) in [5.74, 6) is 1.80. The average molecular weight is 326 g/mol. The van der Waals surface area contributed by atoms with Gasteiger partial charge in [-0.2, -0.15) is 0 Å². The smallest absolute Gasteiger partial charge is 0.119 e. The molecule has 0 aromatic heterocycles. The normalized spacial score (nSPS) is 20.8. The number of hydrogen-bond donors (Lipinski definition) is 0. The highest BCUT2D eigenvalue weighted by Gasteiger charge is 2.29. The Balaban J connectivity index is 1.75. The minimum absolute atomic E-state index is 0.441. The van der Waals surface area contributed by atoms with E-state index in [1.54, 1.807) is 14.2 Å². The lowest BCUT2D eigenvalue weighted by molar-refractivity contribution is 0.414. The quantitative estimate of drug-likeness (QED) is 0.853. The zero-order valence-corrected chi connectivity index (χ0v) is 14.9. The van der Waals surface area contributed by atoms with E-state index in [0.717, 1.165) is 24.6 Å². The van der Waals surface area contributed by atoms with Crippen molar-refractivity contribution < 1.29 is 9.47 Å². The van der Waals surface area contributed by atoms with Crippen LogP contribution in [0.15, 0.2) is 48.5 Å². The summed E-state index contributed by atoms with van der Waals surface area (Å²) in [4.78, 5) is 4.95. The molecule has 0 unspecified atom stereocenters. The summed E-state index contributed by atoms with van der Waals surface area (Å²) in [5, 5.41) is 0. The Morgan fingerprint density at radius 2 is 1.00 bits per heavy atom. The summed E-state index contributed by atoms with van der Waals surface area (Å²) in [5.41, 5.74) is 2.51. The maximum absolute atomic E-state index is 5.26. The van der Waals surface area contributed by atoms with Crippen LogP contribution in [0.4, 0.5) is 11.4 Å². The van der Waals surface area contributed by atoms with Crippen molar-refractivity contribution in [3.05, 3.63) is 48.5 Å². The van der Waals surface area contributed by atoms with Crippen molar-refractivity contribution in [1.29, 1.82) is 0 Å². The van der Waals surface area contributed by atoms with E-state index in [-0.39, 0.29) is 0 Å². The van der Waals surface area contributed by atoms with Gasteiger partial charge in [0.05, 0.1) is 14.2 Å². The number of methoxy groups -OCH3 is 2. The minimum Gasteiger partial charge on any atom is -0.497 e. The number of rotatable bonds is 4. The van der Waals surface area contributed by atoms with Crippen LogP contribution in [0.5, 0.6) is 11.5 Å². The molecule has 0 amide bonds. The van der Waals surface area contributed by atoms with Crippen molar-refractivity contribution in [2.45, 2.75) is 25.9 Å². The summed E-state index contributed by atoms with van der Waals surface area (Å²) in [7, 11) is 3.40. The summed E-state index contributed by atoms with van der Waals surface area (Å²) < 4.78 is 10.5. The van der Waals surface area contributed by atoms with Crippen LogP contribution < -0.4 is 19.3 Å². The highest BCUT2D eigenvalue weighted by Crippen LogP contribution is 2.29. The summed E-state index contributed by atoms with van der Waals surface area (Å²) >= 11 is 0. The van der Waals surface area contributed by atoms with Crippen molar-refractivity contribution in [2.75, 3.05) is 37.1 Å². The van der Waals surface area contributed by atoms with Crippen molar-refractivity contribution in [1.82, 2.24) is 0 Å². The molecule has 1 heterocycles. The van der Waals surface area contributed by atoms with Crippen LogP contribution in [-0.2, 0) is 0 Å². The Morgan fingerprint density at radius 3 is 1.29 bits per heavy atom. The zero-order valence-electron chi connectivity index (χ0n) is 14.9. The third kappa shape index (κ3) is 3.28. The van der Waals surface area contributed by atoms with Gasteiger partial charge in [0.25, 0.3) is 0 Å². The van der Waals surface area contributed by atoms with Crippen molar-refractivity contribution in [3.8, 4) is 11.5 Å². The third-order valence-electron chi connectivity index (χ3n) is 4.79. The second-order valence-electron chi connectivity index (χ2n) is 6.40. The number of piperazine rings is 1. The van der Waals surface area contributed by atoms with E-state index in [1.807, 2.05) is 24.3 Å². The van der Waals surface area contributed by atoms with Gasteiger partial charge < -0.3 is 19.3 Å². The topological polar surface area (TPSA) is 24.9 Å². The Morgan fingerprint density at radius 1 is 0.667 bits per heavy atom. The van der Waals surface area contributed by atoms with E-state index in [9.17, 15) is 0 Å². The molecule has 2 aromatic rings. The molecule has 24 heavy (non-hydrogen) atoms. The number of anilines is 2. The first-order chi connectivity index (χ1) is 11.6. The lowest BCUT2D eigenvalue weighted by atomic mass is 10.1. The lowest BCUT2D eigenvalue weighted by Crippen LogP contribution is -2.56. The SMILES string of the molecule is COc1ccc(N2C[C@H](C)N(c3ccc(OC)cc3)C[C@H]2C)cc1. The molecule has 2 aromatic carbocycles. The highest BCUT2D eigenvalue weighted by atomic mass is 16.5. The summed E-state index contributed by atoms with van der Waals surface area (Å²) in [6, 6.07) is 17.6. The van der Waals surface area contributed by atoms with Crippen LogP contribution in [0, 0.1) is 0 Å². The Bertz CT molecular complexity index is 595. The van der Waals surface area contributed by atoms with Crippen molar-refractivity contribution in [3.63, 3.8) is 0 Å². The fraction of sp³-hybridized carbons (Fsp3) is 0.400. The largest absolute Gasteiger partial charge is 0.497 e. The van der Waals surface area contributed by atoms with Crippen LogP contribution in [0.3, 0.4) is 0 Å². The van der Waals surface area contributed by atoms with E-state index >= 15 is 0 Å². The maximum Gasteiger partial charge on any atom is 0.119 e. The average Bonchev–Trinajstić information content (AvgIpc) is 2.63. The van der Waals surface area contributed by atoms with E-state index in [1.165, 1.54) is 11.4 Å². The van der Waals surface area contributed by atoms with E-state index in [0.29, 0.717) is 12.1 Å². The molecule has 4 heteroatoms. The Labute approximate surface area is 144 Å². The maximum atomic E-state index is 5.26. The summed E-state index contributed by atoms with van der Waals surface area (Å²) in [6.45, 7) is 6.57. The van der Waals surface area contributed by atoms with Gasteiger partial charge in [0.15, 0.2) is 0 Å². The third-order valence-corrected chi connectivity index (χ3v) is 4.79. The van der Waals surface area contributed by atoms with Crippen LogP contribution in [0.2, 0.25) is 0 Å². The first-order valence-electron chi connectivity index (χ1n) is 8.43. The standard InChI is InChI=1S/C20H26N2O2/c1-15-13-22(18-7-11-20(24-4)12-8-18)16(2)14-21(15)17-5-9-19(23-3)10-6-17/h5-12,15-16H,13-14H2,1-4H3/t15-,16+. The van der Waals surface area contributed by atoms with Gasteiger partial charge >= 0.3 is 0 Å². The zero-order chi connectivity index (χ0) is 17.1. The number of ether oxygens (including phenoxy) is 2. The van der Waals surface area contributed by atoms with Crippen molar-refractivity contribution >= 4 is 11.4 Å². The second-order valence-corrected chi connectivity index (χ2v) is 6.40. The number of nitrogens with zero attached hydrogens (tertiary/aromatic N) is 2. The first kappa shape index (κ1) is 16.5. The second kappa shape index (κ2) is 7.04. The van der Waals surface area contributed by atoms with Crippen molar-refractivity contribution in [2.24, 2.45) is 0 Å². The van der Waals surface area contributed by atoms with E-state index < -0.39 is 0 Å². The molecule has 2 atom stereocenters. The molecule has 0 saturated carbocycles. The van der Waals surface area contributed by atoms with Gasteiger partial charge in [-0.05, 0) is 62.4 Å². The molecule has 0 radical (unpaired) electrons. The van der Waals surface area contributed by atoms with E-state index in [2.05, 4.69) is 47.9 Å². The van der Waals surface area contributed by atoms with Crippen LogP contribution in [-0.4, -0.2) is 39.4 Å². The lowest BCUT2D eigenvalue weighted by Gasteiger charge is -2.46. The predicted molar refractivity (Wildman–Crippen MR) is 99.6 cm³/mol. The predicted octanol–water partition coefficient (Wildman–Crippen LogP) is 3.81. The molecule has 4 nitrogen and oxygen atoms in total. The van der Waals surface area contributed by atoms with Crippen LogP contribution >= 0.6 is 0 Å². The highest BCUT2D eigenvalue weighted by molar-refractivity contribution is 5.55. The molecule has 1 fully saturated rings. The number of benzene rings is 2. The van der Waals surface area contributed by atoms with Gasteiger partial charge in [0, 0.05) is 36.5 Å². The minimum atomic E-state index is 0.441. The van der Waals surface area contributed by atoms with Gasteiger partial charge in [-0.3, -0.25) is 0 Å². The molecule has 128 valence electrons. The van der Waals surface area contributed by atoms with E-state index in [4.69, 9.17) is 9.47 Å². The molecular weight excluding hydrogens is 300 g/mol. The van der Waals surface area contributed by atoms with Gasteiger partial charge in [-0.25, -0.2) is 0 Å². The molecule has 3 rings (SSSR count). The molecule has 1 aliphatic rings. The van der Waals surface area contributed by atoms with Crippen LogP contribution in [0.25, 0.3) is 0 Å². The van der Waals surface area contributed by atoms with Crippen LogP contribution in [0.1, 0.15) is 13.8 Å². The van der Waals surface area contributed by atoms with Gasteiger partial charge in [0.1, 0.15) is 11.5 Å². The molecule has 0 spiro atoms. The fourth-order valence-electron chi connectivity index (χ4n) is 3.39. The fourth-order valence-corrected chi connectivity index (χ4v) is 3.39. The Kier molecular flexibility index (Phi) is 4.84. The first-order valence-corrected chi connectivity index (χ1v) is 8.43. The molecule has 0 N–H and O–H groups in total. The van der Waals surface area contributed by atoms with Gasteiger partial charge in [-0.15, -0.1) is 0 Å². The molecule has 0 bridgehead atoms. The molecule has 1 saturated heterocycles. The van der Waals surface area contributed by atoms with Gasteiger partial charge in [0.2, 0.25) is 0 Å². The molecule has 0 aliphatic carbocycles. The molecule has 1 aliphatic heterocycles. The molecular formula is C20H26N2O2. The monoisotopic (exact) mass is 326 g/mol.